The maximum Gasteiger partial charge on any atom is 0.264 e. The quantitative estimate of drug-likeness (QED) is 0.512. The van der Waals surface area contributed by atoms with Crippen molar-refractivity contribution in [2.45, 2.75) is 31.2 Å². The number of nitrogens with one attached hydrogen (secondary N) is 1. The minimum atomic E-state index is -3.96. The topological polar surface area (TPSA) is 66.5 Å². The fourth-order valence-electron chi connectivity index (χ4n) is 3.24. The molecule has 0 saturated carbocycles. The third-order valence-corrected chi connectivity index (χ3v) is 7.00. The zero-order chi connectivity index (χ0) is 22.4. The summed E-state index contributed by atoms with van der Waals surface area (Å²) in [6.07, 6.45) is 0.682. The molecule has 0 bridgehead atoms. The van der Waals surface area contributed by atoms with Gasteiger partial charge in [0.1, 0.15) is 6.54 Å². The first-order valence-corrected chi connectivity index (χ1v) is 11.8. The predicted octanol–water partition coefficient (Wildman–Crippen LogP) is 5.11. The Balaban J connectivity index is 1.90. The molecule has 1 atom stereocenters. The summed E-state index contributed by atoms with van der Waals surface area (Å²) < 4.78 is 27.9. The first-order valence-electron chi connectivity index (χ1n) is 10.0. The summed E-state index contributed by atoms with van der Waals surface area (Å²) in [6, 6.07) is 22.3. The van der Waals surface area contributed by atoms with Gasteiger partial charge >= 0.3 is 0 Å². The molecule has 0 saturated heterocycles. The standard InChI is InChI=1S/C24H25ClN2O3S/c1-3-23(19-7-5-4-6-8-19)26-24(28)17-27(21-13-11-20(25)12-14-21)31(29,30)22-15-9-18(2)10-16-22/h4-16,23H,3,17H2,1-2H3,(H,26,28). The zero-order valence-electron chi connectivity index (χ0n) is 17.5. The van der Waals surface area contributed by atoms with Gasteiger partial charge in [0.05, 0.1) is 16.6 Å². The van der Waals surface area contributed by atoms with Crippen LogP contribution in [-0.2, 0) is 14.8 Å². The summed E-state index contributed by atoms with van der Waals surface area (Å²) in [5.41, 5.74) is 2.29. The van der Waals surface area contributed by atoms with Crippen LogP contribution in [0.3, 0.4) is 0 Å². The van der Waals surface area contributed by atoms with Gasteiger partial charge in [-0.05, 0) is 55.3 Å². The van der Waals surface area contributed by atoms with Crippen LogP contribution in [0, 0.1) is 6.92 Å². The summed E-state index contributed by atoms with van der Waals surface area (Å²) in [7, 11) is -3.96. The average Bonchev–Trinajstić information content (AvgIpc) is 2.77. The Labute approximate surface area is 188 Å². The van der Waals surface area contributed by atoms with E-state index in [9.17, 15) is 13.2 Å². The van der Waals surface area contributed by atoms with Crippen molar-refractivity contribution in [3.8, 4) is 0 Å². The molecule has 0 heterocycles. The summed E-state index contributed by atoms with van der Waals surface area (Å²) in [5, 5.41) is 3.44. The molecule has 0 aromatic heterocycles. The molecule has 3 aromatic rings. The lowest BCUT2D eigenvalue weighted by molar-refractivity contribution is -0.120. The van der Waals surface area contributed by atoms with Crippen molar-refractivity contribution in [1.82, 2.24) is 5.32 Å². The number of nitrogens with zero attached hydrogens (tertiary/aromatic N) is 1. The van der Waals surface area contributed by atoms with E-state index in [0.717, 1.165) is 15.4 Å². The molecular formula is C24H25ClN2O3S. The van der Waals surface area contributed by atoms with E-state index in [4.69, 9.17) is 11.6 Å². The van der Waals surface area contributed by atoms with E-state index >= 15 is 0 Å². The van der Waals surface area contributed by atoms with Crippen LogP contribution in [0.1, 0.15) is 30.5 Å². The fraction of sp³-hybridized carbons (Fsp3) is 0.208. The number of rotatable bonds is 8. The highest BCUT2D eigenvalue weighted by Gasteiger charge is 2.28. The van der Waals surface area contributed by atoms with Crippen LogP contribution in [-0.4, -0.2) is 20.9 Å². The Kier molecular flexibility index (Phi) is 7.36. The smallest absolute Gasteiger partial charge is 0.264 e. The first-order chi connectivity index (χ1) is 14.8. The van der Waals surface area contributed by atoms with Crippen molar-refractivity contribution < 1.29 is 13.2 Å². The second-order valence-corrected chi connectivity index (χ2v) is 9.54. The highest BCUT2D eigenvalue weighted by Crippen LogP contribution is 2.26. The van der Waals surface area contributed by atoms with Crippen LogP contribution in [0.2, 0.25) is 5.02 Å². The molecule has 1 N–H and O–H groups in total. The lowest BCUT2D eigenvalue weighted by atomic mass is 10.0. The van der Waals surface area contributed by atoms with Gasteiger partial charge in [-0.1, -0.05) is 66.6 Å². The monoisotopic (exact) mass is 456 g/mol. The van der Waals surface area contributed by atoms with Gasteiger partial charge in [-0.3, -0.25) is 9.10 Å². The minimum absolute atomic E-state index is 0.121. The second-order valence-electron chi connectivity index (χ2n) is 7.24. The molecule has 0 fully saturated rings. The van der Waals surface area contributed by atoms with E-state index in [1.807, 2.05) is 44.2 Å². The van der Waals surface area contributed by atoms with Gasteiger partial charge in [-0.2, -0.15) is 0 Å². The molecule has 0 spiro atoms. The maximum absolute atomic E-state index is 13.4. The van der Waals surface area contributed by atoms with Crippen LogP contribution in [0.25, 0.3) is 0 Å². The van der Waals surface area contributed by atoms with Gasteiger partial charge in [0.25, 0.3) is 10.0 Å². The van der Waals surface area contributed by atoms with Gasteiger partial charge in [0.15, 0.2) is 0 Å². The molecule has 0 aliphatic rings. The van der Waals surface area contributed by atoms with E-state index in [1.54, 1.807) is 48.5 Å². The third kappa shape index (κ3) is 5.66. The summed E-state index contributed by atoms with van der Waals surface area (Å²) >= 11 is 5.98. The summed E-state index contributed by atoms with van der Waals surface area (Å²) in [4.78, 5) is 13.0. The molecule has 1 unspecified atom stereocenters. The highest BCUT2D eigenvalue weighted by molar-refractivity contribution is 7.92. The third-order valence-electron chi connectivity index (χ3n) is 4.96. The number of sulfonamides is 1. The van der Waals surface area contributed by atoms with E-state index in [2.05, 4.69) is 5.32 Å². The van der Waals surface area contributed by atoms with E-state index < -0.39 is 10.0 Å². The Morgan fingerprint density at radius 1 is 0.968 bits per heavy atom. The highest BCUT2D eigenvalue weighted by atomic mass is 35.5. The molecule has 3 rings (SSSR count). The van der Waals surface area contributed by atoms with Crippen LogP contribution >= 0.6 is 11.6 Å². The maximum atomic E-state index is 13.4. The molecule has 7 heteroatoms. The number of hydrogen-bond acceptors (Lipinski definition) is 3. The van der Waals surface area contributed by atoms with Gasteiger partial charge in [0, 0.05) is 5.02 Å². The molecular weight excluding hydrogens is 432 g/mol. The molecule has 3 aromatic carbocycles. The van der Waals surface area contributed by atoms with Crippen LogP contribution < -0.4 is 9.62 Å². The lowest BCUT2D eigenvalue weighted by Crippen LogP contribution is -2.42. The Morgan fingerprint density at radius 2 is 1.58 bits per heavy atom. The number of aryl methyl sites for hydroxylation is 1. The van der Waals surface area contributed by atoms with Crippen molar-refractivity contribution in [2.24, 2.45) is 0 Å². The fourth-order valence-corrected chi connectivity index (χ4v) is 4.78. The normalized spacial score (nSPS) is 12.2. The Hall–Kier alpha value is -2.83. The van der Waals surface area contributed by atoms with Crippen LogP contribution in [0.4, 0.5) is 5.69 Å². The second kappa shape index (κ2) is 9.98. The van der Waals surface area contributed by atoms with Crippen molar-refractivity contribution in [1.29, 1.82) is 0 Å². The molecule has 5 nitrogen and oxygen atoms in total. The van der Waals surface area contributed by atoms with Gasteiger partial charge < -0.3 is 5.32 Å². The Morgan fingerprint density at radius 3 is 2.16 bits per heavy atom. The van der Waals surface area contributed by atoms with Crippen molar-refractivity contribution >= 4 is 33.2 Å². The zero-order valence-corrected chi connectivity index (χ0v) is 19.0. The number of benzene rings is 3. The Bertz CT molecular complexity index is 1120. The molecule has 0 aliphatic heterocycles. The number of amides is 1. The minimum Gasteiger partial charge on any atom is -0.348 e. The summed E-state index contributed by atoms with van der Waals surface area (Å²) in [6.45, 7) is 3.51. The van der Waals surface area contributed by atoms with Crippen LogP contribution in [0.15, 0.2) is 83.8 Å². The number of halogens is 1. The molecule has 0 aliphatic carbocycles. The van der Waals surface area contributed by atoms with Crippen LogP contribution in [0.5, 0.6) is 0 Å². The van der Waals surface area contributed by atoms with Crippen molar-refractivity contribution in [3.05, 3.63) is 95.0 Å². The van der Waals surface area contributed by atoms with E-state index in [0.29, 0.717) is 17.1 Å². The molecule has 31 heavy (non-hydrogen) atoms. The van der Waals surface area contributed by atoms with E-state index in [-0.39, 0.29) is 23.4 Å². The van der Waals surface area contributed by atoms with Gasteiger partial charge in [0.2, 0.25) is 5.91 Å². The van der Waals surface area contributed by atoms with E-state index in [1.165, 1.54) is 0 Å². The SMILES string of the molecule is CCC(NC(=O)CN(c1ccc(Cl)cc1)S(=O)(=O)c1ccc(C)cc1)c1ccccc1. The van der Waals surface area contributed by atoms with Crippen molar-refractivity contribution in [2.75, 3.05) is 10.8 Å². The number of carbonyl (C=O) groups excluding carboxylic acids is 1. The lowest BCUT2D eigenvalue weighted by Gasteiger charge is -2.26. The van der Waals surface area contributed by atoms with Gasteiger partial charge in [-0.15, -0.1) is 0 Å². The number of hydrogen-bond donors (Lipinski definition) is 1. The predicted molar refractivity (Wildman–Crippen MR) is 125 cm³/mol. The molecule has 162 valence electrons. The summed E-state index contributed by atoms with van der Waals surface area (Å²) in [5.74, 6) is -0.388. The van der Waals surface area contributed by atoms with Crippen molar-refractivity contribution in [3.63, 3.8) is 0 Å². The molecule has 1 amide bonds. The number of anilines is 1. The first kappa shape index (κ1) is 22.8. The largest absolute Gasteiger partial charge is 0.348 e. The van der Waals surface area contributed by atoms with Gasteiger partial charge in [-0.25, -0.2) is 8.42 Å². The molecule has 0 radical (unpaired) electrons. The average molecular weight is 457 g/mol. The number of carbonyl (C=O) groups is 1.